The smallest absolute Gasteiger partial charge is 0.280 e. The molecule has 3 rings (SSSR count). The molecule has 0 saturated carbocycles. The number of rotatable bonds is 2. The van der Waals surface area contributed by atoms with E-state index in [1.165, 1.54) is 16.8 Å². The van der Waals surface area contributed by atoms with Gasteiger partial charge >= 0.3 is 0 Å². The molecule has 9 heteroatoms. The van der Waals surface area contributed by atoms with Gasteiger partial charge in [0, 0.05) is 18.0 Å². The molecule has 0 aliphatic carbocycles. The number of nitrogens with one attached hydrogen (secondary N) is 1. The summed E-state index contributed by atoms with van der Waals surface area (Å²) in [7, 11) is 0. The summed E-state index contributed by atoms with van der Waals surface area (Å²) in [5.41, 5.74) is -0.585. The van der Waals surface area contributed by atoms with Crippen molar-refractivity contribution in [1.82, 2.24) is 14.4 Å². The zero-order valence-electron chi connectivity index (χ0n) is 11.6. The van der Waals surface area contributed by atoms with Gasteiger partial charge in [-0.25, -0.2) is 0 Å². The number of hydrogen-bond donors (Lipinski definition) is 4. The van der Waals surface area contributed by atoms with Crippen LogP contribution in [0.25, 0.3) is 5.78 Å². The quantitative estimate of drug-likeness (QED) is 0.496. The minimum absolute atomic E-state index is 0.0337. The van der Waals surface area contributed by atoms with Crippen molar-refractivity contribution in [3.8, 4) is 0 Å². The van der Waals surface area contributed by atoms with Crippen LogP contribution in [0.15, 0.2) is 22.0 Å². The van der Waals surface area contributed by atoms with Gasteiger partial charge in [0.25, 0.3) is 11.1 Å². The molecule has 0 bridgehead atoms. The van der Waals surface area contributed by atoms with Gasteiger partial charge in [-0.2, -0.15) is 4.98 Å². The Morgan fingerprint density at radius 1 is 1.32 bits per heavy atom. The second-order valence-electron chi connectivity index (χ2n) is 5.26. The number of aryl methyl sites for hydroxylation is 1. The van der Waals surface area contributed by atoms with E-state index in [1.54, 1.807) is 6.92 Å². The summed E-state index contributed by atoms with van der Waals surface area (Å²) in [4.78, 5) is 29.8. The Morgan fingerprint density at radius 2 is 2.05 bits per heavy atom. The fourth-order valence-corrected chi connectivity index (χ4v) is 2.49. The normalized spacial score (nSPS) is 28.4. The molecule has 0 radical (unpaired) electrons. The lowest BCUT2D eigenvalue weighted by atomic mass is 10.0. The number of aromatic nitrogens is 3. The molecule has 22 heavy (non-hydrogen) atoms. The highest BCUT2D eigenvalue weighted by Gasteiger charge is 2.44. The molecule has 0 spiro atoms. The van der Waals surface area contributed by atoms with E-state index in [4.69, 9.17) is 9.84 Å². The van der Waals surface area contributed by atoms with E-state index in [9.17, 15) is 19.8 Å². The van der Waals surface area contributed by atoms with Gasteiger partial charge in [0.1, 0.15) is 24.4 Å². The number of aliphatic hydroxyl groups excluding tert-OH is 3. The lowest BCUT2D eigenvalue weighted by molar-refractivity contribution is -0.0232. The minimum atomic E-state index is -1.35. The Balaban J connectivity index is 2.12. The zero-order chi connectivity index (χ0) is 16.0. The number of ether oxygens (including phenoxy) is 1. The van der Waals surface area contributed by atoms with Crippen LogP contribution in [0.3, 0.4) is 0 Å². The molecule has 0 aromatic carbocycles. The molecule has 2 aromatic heterocycles. The topological polar surface area (TPSA) is 137 Å². The van der Waals surface area contributed by atoms with Crippen LogP contribution in [0, 0.1) is 6.92 Å². The Kier molecular flexibility index (Phi) is 3.57. The Hall–Kier alpha value is -2.07. The number of aliphatic hydroxyl groups is 3. The van der Waals surface area contributed by atoms with Crippen LogP contribution in [-0.4, -0.2) is 54.6 Å². The molecule has 2 aromatic rings. The Labute approximate surface area is 123 Å². The predicted molar refractivity (Wildman–Crippen MR) is 73.5 cm³/mol. The fraction of sp³-hybridized carbons (Fsp3) is 0.462. The standard InChI is InChI=1S/C13H15N3O6/c1-5-2-16-3-6(12(21)15-13(16)14-11(5)20)10-9(19)8(18)7(4-17)22-10/h2-3,7-10,17-19H,4H2,1H3,(H,14,15,20,21)/t7-,8?,9+,10+/m1/s1. The molecule has 1 aliphatic heterocycles. The third-order valence-electron chi connectivity index (χ3n) is 3.74. The van der Waals surface area contributed by atoms with Gasteiger partial charge in [-0.15, -0.1) is 0 Å². The van der Waals surface area contributed by atoms with Crippen molar-refractivity contribution in [1.29, 1.82) is 0 Å². The maximum Gasteiger partial charge on any atom is 0.280 e. The van der Waals surface area contributed by atoms with Crippen molar-refractivity contribution in [2.75, 3.05) is 6.61 Å². The molecule has 1 aliphatic rings. The van der Waals surface area contributed by atoms with Gasteiger partial charge in [-0.3, -0.25) is 19.0 Å². The lowest BCUT2D eigenvalue weighted by Gasteiger charge is -2.14. The van der Waals surface area contributed by atoms with Crippen molar-refractivity contribution in [2.45, 2.75) is 31.3 Å². The zero-order valence-corrected chi connectivity index (χ0v) is 11.6. The molecule has 9 nitrogen and oxygen atoms in total. The van der Waals surface area contributed by atoms with Crippen LogP contribution in [-0.2, 0) is 4.74 Å². The second-order valence-corrected chi connectivity index (χ2v) is 5.26. The molecule has 0 amide bonds. The van der Waals surface area contributed by atoms with Gasteiger partial charge in [-0.1, -0.05) is 0 Å². The molecule has 1 saturated heterocycles. The first-order valence-electron chi connectivity index (χ1n) is 6.67. The van der Waals surface area contributed by atoms with Crippen LogP contribution < -0.4 is 11.1 Å². The van der Waals surface area contributed by atoms with Crippen LogP contribution in [0.4, 0.5) is 0 Å². The van der Waals surface area contributed by atoms with E-state index in [0.29, 0.717) is 5.56 Å². The Morgan fingerprint density at radius 3 is 2.68 bits per heavy atom. The molecule has 118 valence electrons. The van der Waals surface area contributed by atoms with Crippen LogP contribution >= 0.6 is 0 Å². The third kappa shape index (κ3) is 2.24. The van der Waals surface area contributed by atoms with Crippen LogP contribution in [0.1, 0.15) is 17.2 Å². The maximum absolute atomic E-state index is 12.1. The highest BCUT2D eigenvalue weighted by atomic mass is 16.6. The van der Waals surface area contributed by atoms with Gasteiger partial charge in [0.2, 0.25) is 5.78 Å². The predicted octanol–water partition coefficient (Wildman–Crippen LogP) is -2.15. The van der Waals surface area contributed by atoms with Crippen molar-refractivity contribution >= 4 is 5.78 Å². The minimum Gasteiger partial charge on any atom is -0.394 e. The maximum atomic E-state index is 12.1. The number of hydrogen-bond acceptors (Lipinski definition) is 7. The summed E-state index contributed by atoms with van der Waals surface area (Å²) < 4.78 is 6.76. The number of aromatic amines is 1. The van der Waals surface area contributed by atoms with E-state index < -0.39 is 36.6 Å². The highest BCUT2D eigenvalue weighted by Crippen LogP contribution is 2.31. The number of H-pyrrole nitrogens is 1. The molecule has 4 N–H and O–H groups in total. The summed E-state index contributed by atoms with van der Waals surface area (Å²) in [6.45, 7) is 1.12. The molecular formula is C13H15N3O6. The van der Waals surface area contributed by atoms with Crippen molar-refractivity contribution in [2.24, 2.45) is 0 Å². The summed E-state index contributed by atoms with van der Waals surface area (Å²) in [5, 5.41) is 28.8. The monoisotopic (exact) mass is 309 g/mol. The first-order chi connectivity index (χ1) is 10.4. The largest absolute Gasteiger partial charge is 0.394 e. The number of nitrogens with zero attached hydrogens (tertiary/aromatic N) is 2. The summed E-state index contributed by atoms with van der Waals surface area (Å²) in [6, 6.07) is 0. The molecule has 1 fully saturated rings. The van der Waals surface area contributed by atoms with Gasteiger partial charge < -0.3 is 20.1 Å². The van der Waals surface area contributed by atoms with Crippen molar-refractivity contribution < 1.29 is 20.1 Å². The third-order valence-corrected chi connectivity index (χ3v) is 3.74. The SMILES string of the molecule is Cc1cn2cc([C@@H]3O[C@H](CO)C(O)[C@@H]3O)c(=O)nc2[nH]c1=O. The molecule has 3 heterocycles. The summed E-state index contributed by atoms with van der Waals surface area (Å²) in [5.74, 6) is 0.0658. The second kappa shape index (κ2) is 5.29. The van der Waals surface area contributed by atoms with Crippen molar-refractivity contribution in [3.05, 3.63) is 44.2 Å². The molecular weight excluding hydrogens is 294 g/mol. The van der Waals surface area contributed by atoms with Crippen LogP contribution in [0.2, 0.25) is 0 Å². The van der Waals surface area contributed by atoms with Gasteiger partial charge in [-0.05, 0) is 6.92 Å². The summed E-state index contributed by atoms with van der Waals surface area (Å²) in [6.07, 6.45) is -1.85. The Bertz CT molecular complexity index is 829. The lowest BCUT2D eigenvalue weighted by Crippen LogP contribution is -2.33. The molecule has 4 atom stereocenters. The fourth-order valence-electron chi connectivity index (χ4n) is 2.49. The van der Waals surface area contributed by atoms with E-state index in [-0.39, 0.29) is 16.9 Å². The number of fused-ring (bicyclic) bond motifs is 1. The summed E-state index contributed by atoms with van der Waals surface area (Å²) >= 11 is 0. The first-order valence-corrected chi connectivity index (χ1v) is 6.67. The van der Waals surface area contributed by atoms with Crippen molar-refractivity contribution in [3.63, 3.8) is 0 Å². The van der Waals surface area contributed by atoms with E-state index in [1.807, 2.05) is 0 Å². The average molecular weight is 309 g/mol. The van der Waals surface area contributed by atoms with E-state index in [2.05, 4.69) is 9.97 Å². The highest BCUT2D eigenvalue weighted by molar-refractivity contribution is 5.31. The molecule has 1 unspecified atom stereocenters. The first kappa shape index (κ1) is 14.9. The van der Waals surface area contributed by atoms with E-state index in [0.717, 1.165) is 0 Å². The van der Waals surface area contributed by atoms with E-state index >= 15 is 0 Å². The van der Waals surface area contributed by atoms with Gasteiger partial charge in [0.15, 0.2) is 0 Å². The van der Waals surface area contributed by atoms with Gasteiger partial charge in [0.05, 0.1) is 12.2 Å². The average Bonchev–Trinajstić information content (AvgIpc) is 2.76. The van der Waals surface area contributed by atoms with Crippen LogP contribution in [0.5, 0.6) is 0 Å².